The second-order valence-electron chi connectivity index (χ2n) is 9.78. The monoisotopic (exact) mass is 358 g/mol. The van der Waals surface area contributed by atoms with Crippen LogP contribution in [0.2, 0.25) is 0 Å². The molecule has 2 unspecified atom stereocenters. The fourth-order valence-electron chi connectivity index (χ4n) is 7.56. The van der Waals surface area contributed by atoms with E-state index in [1.807, 2.05) is 13.8 Å². The summed E-state index contributed by atoms with van der Waals surface area (Å²) in [5.74, 6) is 0.261. The summed E-state index contributed by atoms with van der Waals surface area (Å²) in [7, 11) is 0. The van der Waals surface area contributed by atoms with Crippen LogP contribution in [0.25, 0.3) is 0 Å². The van der Waals surface area contributed by atoms with E-state index in [0.29, 0.717) is 6.42 Å². The molecule has 0 amide bonds. The topological polar surface area (TPSA) is 46.7 Å². The largest absolute Gasteiger partial charge is 0.356 e. The number of epoxide rings is 1. The Bertz CT molecular complexity index is 799. The predicted molar refractivity (Wildman–Crippen MR) is 95.1 cm³/mol. The molecule has 1 saturated heterocycles. The third-order valence-electron chi connectivity index (χ3n) is 9.23. The lowest BCUT2D eigenvalue weighted by Crippen LogP contribution is -2.62. The standard InChI is InChI=1S/C22H27FO3/c1-10-8-16(24)19-22(26-19)12(3)11(2)17-13(21(10,22)5)6-7-20(4)14(17)9-15(23)18(20)25/h8,12-15,17,19H,2,6-7,9H2,1,3-5H3/t12-,13+,14+,15-,17-,19?,20+,21-,22?/m1/s1. The summed E-state index contributed by atoms with van der Waals surface area (Å²) in [6, 6.07) is 0. The van der Waals surface area contributed by atoms with Crippen LogP contribution in [0.4, 0.5) is 4.39 Å². The number of carbonyl (C=O) groups is 2. The number of hydrogen-bond donors (Lipinski definition) is 0. The highest BCUT2D eigenvalue weighted by atomic mass is 19.1. The molecule has 0 radical (unpaired) electrons. The van der Waals surface area contributed by atoms with E-state index in [-0.39, 0.29) is 46.8 Å². The summed E-state index contributed by atoms with van der Waals surface area (Å²) in [6.45, 7) is 12.8. The molecule has 3 saturated carbocycles. The van der Waals surface area contributed by atoms with Crippen LogP contribution in [0, 0.1) is 34.5 Å². The molecule has 140 valence electrons. The Labute approximate surface area is 154 Å². The van der Waals surface area contributed by atoms with Gasteiger partial charge in [0.2, 0.25) is 0 Å². The normalized spacial score (nSPS) is 57.7. The molecule has 0 N–H and O–H groups in total. The van der Waals surface area contributed by atoms with E-state index < -0.39 is 17.2 Å². The van der Waals surface area contributed by atoms with Crippen molar-refractivity contribution >= 4 is 11.6 Å². The van der Waals surface area contributed by atoms with Crippen LogP contribution in [-0.4, -0.2) is 29.4 Å². The summed E-state index contributed by atoms with van der Waals surface area (Å²) in [6.07, 6.45) is 1.95. The maximum atomic E-state index is 14.4. The van der Waals surface area contributed by atoms with Crippen LogP contribution in [0.5, 0.6) is 0 Å². The second kappa shape index (κ2) is 4.57. The number of ether oxygens (including phenoxy) is 1. The number of hydrogen-bond acceptors (Lipinski definition) is 3. The molecular weight excluding hydrogens is 331 g/mol. The smallest absolute Gasteiger partial charge is 0.187 e. The lowest BCUT2D eigenvalue weighted by atomic mass is 9.41. The van der Waals surface area contributed by atoms with Crippen LogP contribution in [-0.2, 0) is 14.3 Å². The molecular formula is C22H27FO3. The molecule has 3 nitrogen and oxygen atoms in total. The van der Waals surface area contributed by atoms with Gasteiger partial charge in [-0.1, -0.05) is 38.5 Å². The molecule has 4 aliphatic carbocycles. The summed E-state index contributed by atoms with van der Waals surface area (Å²) in [4.78, 5) is 25.0. The van der Waals surface area contributed by atoms with Gasteiger partial charge in [0.1, 0.15) is 5.60 Å². The third kappa shape index (κ3) is 1.49. The number of ketones is 2. The number of fused-ring (bicyclic) bond motifs is 4. The predicted octanol–water partition coefficient (Wildman–Crippen LogP) is 3.82. The van der Waals surface area contributed by atoms with E-state index >= 15 is 0 Å². The van der Waals surface area contributed by atoms with Crippen molar-refractivity contribution in [2.45, 2.75) is 64.8 Å². The molecule has 1 spiro atoms. The average molecular weight is 358 g/mol. The van der Waals surface area contributed by atoms with Crippen molar-refractivity contribution in [2.75, 3.05) is 0 Å². The van der Waals surface area contributed by atoms with E-state index in [9.17, 15) is 14.0 Å². The molecule has 1 heterocycles. The fourth-order valence-corrected chi connectivity index (χ4v) is 7.56. The molecule has 0 aromatic carbocycles. The summed E-state index contributed by atoms with van der Waals surface area (Å²) in [5.41, 5.74) is 0.823. The first-order valence-electron chi connectivity index (χ1n) is 9.88. The molecule has 0 aromatic heterocycles. The molecule has 5 rings (SSSR count). The third-order valence-corrected chi connectivity index (χ3v) is 9.23. The van der Waals surface area contributed by atoms with Gasteiger partial charge in [-0.3, -0.25) is 9.59 Å². The SMILES string of the molecule is C=C1[C@H]2[C@@H]3C[C@@H](F)C(=O)[C@@]3(C)CC[C@@H]2[C@@]2(C)C(C)=CC(=O)C3OC32[C@@H]1C. The zero-order valence-corrected chi connectivity index (χ0v) is 16.0. The van der Waals surface area contributed by atoms with E-state index in [1.165, 1.54) is 0 Å². The minimum absolute atomic E-state index is 0.00973. The summed E-state index contributed by atoms with van der Waals surface area (Å²) < 4.78 is 20.6. The van der Waals surface area contributed by atoms with Crippen LogP contribution in [0.15, 0.2) is 23.8 Å². The Kier molecular flexibility index (Phi) is 2.96. The van der Waals surface area contributed by atoms with Crippen molar-refractivity contribution in [2.24, 2.45) is 34.5 Å². The second-order valence-corrected chi connectivity index (χ2v) is 9.78. The number of halogens is 1. The zero-order valence-electron chi connectivity index (χ0n) is 16.0. The van der Waals surface area contributed by atoms with Gasteiger partial charge in [0.15, 0.2) is 23.8 Å². The van der Waals surface area contributed by atoms with Gasteiger partial charge in [0.25, 0.3) is 0 Å². The van der Waals surface area contributed by atoms with Gasteiger partial charge in [-0.15, -0.1) is 0 Å². The van der Waals surface area contributed by atoms with E-state index in [1.54, 1.807) is 6.08 Å². The van der Waals surface area contributed by atoms with Crippen molar-refractivity contribution in [3.63, 3.8) is 0 Å². The number of Topliss-reactive ketones (excluding diaryl/α,β-unsaturated/α-hetero) is 1. The summed E-state index contributed by atoms with van der Waals surface area (Å²) >= 11 is 0. The van der Waals surface area contributed by atoms with Gasteiger partial charge in [-0.2, -0.15) is 0 Å². The van der Waals surface area contributed by atoms with E-state index in [2.05, 4.69) is 20.4 Å². The molecule has 1 aliphatic heterocycles. The molecule has 9 atom stereocenters. The Balaban J connectivity index is 1.67. The van der Waals surface area contributed by atoms with Crippen LogP contribution in [0.3, 0.4) is 0 Å². The Morgan fingerprint density at radius 2 is 1.96 bits per heavy atom. The van der Waals surface area contributed by atoms with E-state index in [4.69, 9.17) is 4.74 Å². The van der Waals surface area contributed by atoms with Crippen LogP contribution < -0.4 is 0 Å². The Morgan fingerprint density at radius 1 is 1.27 bits per heavy atom. The highest BCUT2D eigenvalue weighted by Gasteiger charge is 2.80. The van der Waals surface area contributed by atoms with Gasteiger partial charge in [0, 0.05) is 16.7 Å². The molecule has 4 fully saturated rings. The van der Waals surface area contributed by atoms with Crippen molar-refractivity contribution < 1.29 is 18.7 Å². The Morgan fingerprint density at radius 3 is 2.65 bits per heavy atom. The molecule has 0 aromatic rings. The maximum absolute atomic E-state index is 14.4. The lowest BCUT2D eigenvalue weighted by Gasteiger charge is -2.61. The van der Waals surface area contributed by atoms with Crippen molar-refractivity contribution in [3.8, 4) is 0 Å². The maximum Gasteiger partial charge on any atom is 0.187 e. The lowest BCUT2D eigenvalue weighted by molar-refractivity contribution is -0.136. The van der Waals surface area contributed by atoms with E-state index in [0.717, 1.165) is 24.0 Å². The Hall–Kier alpha value is -1.29. The molecule has 4 heteroatoms. The molecule has 0 bridgehead atoms. The first-order chi connectivity index (χ1) is 12.1. The van der Waals surface area contributed by atoms with Gasteiger partial charge >= 0.3 is 0 Å². The van der Waals surface area contributed by atoms with Crippen molar-refractivity contribution in [1.82, 2.24) is 0 Å². The first kappa shape index (κ1) is 16.9. The number of carbonyl (C=O) groups excluding carboxylic acids is 2. The van der Waals surface area contributed by atoms with Gasteiger partial charge < -0.3 is 4.74 Å². The minimum Gasteiger partial charge on any atom is -0.356 e. The molecule has 5 aliphatic rings. The van der Waals surface area contributed by atoms with Crippen LogP contribution in [0.1, 0.15) is 47.0 Å². The fraction of sp³-hybridized carbons (Fsp3) is 0.727. The zero-order chi connectivity index (χ0) is 18.8. The average Bonchev–Trinajstić information content (AvgIpc) is 3.31. The first-order valence-corrected chi connectivity index (χ1v) is 9.88. The van der Waals surface area contributed by atoms with Crippen molar-refractivity contribution in [3.05, 3.63) is 23.8 Å². The van der Waals surface area contributed by atoms with Gasteiger partial charge in [-0.25, -0.2) is 4.39 Å². The van der Waals surface area contributed by atoms with Crippen molar-refractivity contribution in [1.29, 1.82) is 0 Å². The van der Waals surface area contributed by atoms with Crippen LogP contribution >= 0.6 is 0 Å². The van der Waals surface area contributed by atoms with Gasteiger partial charge in [0.05, 0.1) is 0 Å². The number of rotatable bonds is 0. The highest BCUT2D eigenvalue weighted by molar-refractivity contribution is 5.99. The number of alkyl halides is 1. The van der Waals surface area contributed by atoms with Gasteiger partial charge in [-0.05, 0) is 50.0 Å². The molecule has 26 heavy (non-hydrogen) atoms. The highest BCUT2D eigenvalue weighted by Crippen LogP contribution is 2.74. The minimum atomic E-state index is -1.34. The quantitative estimate of drug-likeness (QED) is 0.488. The summed E-state index contributed by atoms with van der Waals surface area (Å²) in [5, 5.41) is 0.